The van der Waals surface area contributed by atoms with Gasteiger partial charge in [0.25, 0.3) is 0 Å². The zero-order chi connectivity index (χ0) is 13.5. The number of benzene rings is 1. The summed E-state index contributed by atoms with van der Waals surface area (Å²) in [7, 11) is 1.94. The van der Waals surface area contributed by atoms with Crippen molar-refractivity contribution in [3.63, 3.8) is 0 Å². The Hall–Kier alpha value is -0.420. The summed E-state index contributed by atoms with van der Waals surface area (Å²) in [5.74, 6) is -0.751. The number of carboxylic acid groups (broad SMARTS) is 1. The van der Waals surface area contributed by atoms with Gasteiger partial charge in [-0.3, -0.25) is 4.79 Å². The molecule has 1 aromatic carbocycles. The summed E-state index contributed by atoms with van der Waals surface area (Å²) in [6.45, 7) is 0.791. The molecule has 0 amide bonds. The van der Waals surface area contributed by atoms with Gasteiger partial charge in [0.05, 0.1) is 14.9 Å². The summed E-state index contributed by atoms with van der Waals surface area (Å²) < 4.78 is 2.01. The lowest BCUT2D eigenvalue weighted by molar-refractivity contribution is -0.137. The van der Waals surface area contributed by atoms with Crippen LogP contribution in [0.25, 0.3) is 0 Å². The van der Waals surface area contributed by atoms with Crippen LogP contribution in [0.5, 0.6) is 0 Å². The van der Waals surface area contributed by atoms with E-state index in [2.05, 4.69) is 0 Å². The quantitative estimate of drug-likeness (QED) is 0.606. The molecule has 6 heteroatoms. The molecule has 0 heterocycles. The zero-order valence-corrected chi connectivity index (χ0v) is 12.4. The first-order valence-corrected chi connectivity index (χ1v) is 7.08. The average molecular weight is 308 g/mol. The number of hydrogen-bond donors (Lipinski definition) is 1. The topological polar surface area (TPSA) is 40.5 Å². The van der Waals surface area contributed by atoms with Gasteiger partial charge in [-0.15, -0.1) is 0 Å². The number of rotatable bonds is 7. The van der Waals surface area contributed by atoms with Crippen LogP contribution in [0.4, 0.5) is 0 Å². The fourth-order valence-electron chi connectivity index (χ4n) is 1.38. The van der Waals surface area contributed by atoms with E-state index < -0.39 is 5.97 Å². The second-order valence-corrected chi connectivity index (χ2v) is 5.87. The Morgan fingerprint density at radius 3 is 2.50 bits per heavy atom. The number of carboxylic acids is 1. The molecule has 0 unspecified atom stereocenters. The maximum absolute atomic E-state index is 10.4. The minimum absolute atomic E-state index is 0.214. The van der Waals surface area contributed by atoms with E-state index in [1.54, 1.807) is 12.1 Å². The minimum atomic E-state index is -0.751. The number of aliphatic carboxylic acids is 1. The fourth-order valence-corrected chi connectivity index (χ4v) is 2.83. The molecule has 0 aromatic heterocycles. The largest absolute Gasteiger partial charge is 0.481 e. The molecule has 0 atom stereocenters. The molecule has 0 radical (unpaired) electrons. The molecule has 0 saturated heterocycles. The van der Waals surface area contributed by atoms with Gasteiger partial charge in [-0.1, -0.05) is 29.3 Å². The van der Waals surface area contributed by atoms with E-state index in [4.69, 9.17) is 28.3 Å². The molecule has 1 N–H and O–H groups in total. The fraction of sp³-hybridized carbons (Fsp3) is 0.417. The lowest BCUT2D eigenvalue weighted by atomic mass is 10.2. The molecule has 0 saturated carbocycles. The SMILES string of the molecule is CN(CCCCC(=O)O)Sc1c(Cl)cccc1Cl. The average Bonchev–Trinajstić information content (AvgIpc) is 2.29. The van der Waals surface area contributed by atoms with E-state index in [-0.39, 0.29) is 6.42 Å². The first-order valence-electron chi connectivity index (χ1n) is 5.55. The molecular weight excluding hydrogens is 293 g/mol. The molecule has 100 valence electrons. The number of nitrogens with zero attached hydrogens (tertiary/aromatic N) is 1. The van der Waals surface area contributed by atoms with E-state index >= 15 is 0 Å². The maximum atomic E-state index is 10.4. The second-order valence-electron chi connectivity index (χ2n) is 3.84. The molecule has 0 aliphatic carbocycles. The van der Waals surface area contributed by atoms with Crippen LogP contribution in [-0.4, -0.2) is 29.0 Å². The smallest absolute Gasteiger partial charge is 0.303 e. The Kier molecular flexibility index (Phi) is 6.86. The van der Waals surface area contributed by atoms with Gasteiger partial charge in [0.1, 0.15) is 0 Å². The molecule has 0 bridgehead atoms. The lowest BCUT2D eigenvalue weighted by Crippen LogP contribution is -2.11. The summed E-state index contributed by atoms with van der Waals surface area (Å²) in [5, 5.41) is 9.79. The van der Waals surface area contributed by atoms with Crippen LogP contribution in [0.1, 0.15) is 19.3 Å². The predicted molar refractivity (Wildman–Crippen MR) is 76.4 cm³/mol. The highest BCUT2D eigenvalue weighted by Crippen LogP contribution is 2.35. The molecule has 0 spiro atoms. The minimum Gasteiger partial charge on any atom is -0.481 e. The molecule has 0 aliphatic rings. The third-order valence-electron chi connectivity index (χ3n) is 2.28. The van der Waals surface area contributed by atoms with Crippen molar-refractivity contribution in [2.24, 2.45) is 0 Å². The summed E-state index contributed by atoms with van der Waals surface area (Å²) in [6.07, 6.45) is 1.72. The van der Waals surface area contributed by atoms with Crippen LogP contribution >= 0.6 is 35.1 Å². The number of carbonyl (C=O) groups is 1. The Bertz CT molecular complexity index is 395. The highest BCUT2D eigenvalue weighted by atomic mass is 35.5. The van der Waals surface area contributed by atoms with Crippen molar-refractivity contribution in [1.29, 1.82) is 0 Å². The predicted octanol–water partition coefficient (Wildman–Crippen LogP) is 4.19. The lowest BCUT2D eigenvalue weighted by Gasteiger charge is -2.16. The van der Waals surface area contributed by atoms with Gasteiger partial charge >= 0.3 is 5.97 Å². The maximum Gasteiger partial charge on any atom is 0.303 e. The van der Waals surface area contributed by atoms with E-state index in [1.165, 1.54) is 11.9 Å². The van der Waals surface area contributed by atoms with E-state index in [9.17, 15) is 4.79 Å². The number of halogens is 2. The van der Waals surface area contributed by atoms with Gasteiger partial charge < -0.3 is 5.11 Å². The van der Waals surface area contributed by atoms with E-state index in [0.717, 1.165) is 17.9 Å². The summed E-state index contributed by atoms with van der Waals surface area (Å²) in [5.41, 5.74) is 0. The summed E-state index contributed by atoms with van der Waals surface area (Å²) >= 11 is 13.6. The van der Waals surface area contributed by atoms with Gasteiger partial charge in [0, 0.05) is 13.0 Å². The Morgan fingerprint density at radius 1 is 1.33 bits per heavy atom. The third kappa shape index (κ3) is 5.48. The van der Waals surface area contributed by atoms with Crippen LogP contribution in [0, 0.1) is 0 Å². The van der Waals surface area contributed by atoms with Gasteiger partial charge in [-0.05, 0) is 44.0 Å². The van der Waals surface area contributed by atoms with E-state index in [0.29, 0.717) is 16.5 Å². The zero-order valence-electron chi connectivity index (χ0n) is 10.0. The van der Waals surface area contributed by atoms with Gasteiger partial charge in [-0.2, -0.15) is 0 Å². The van der Waals surface area contributed by atoms with Crippen molar-refractivity contribution in [3.8, 4) is 0 Å². The molecule has 18 heavy (non-hydrogen) atoms. The Labute approximate surface area is 121 Å². The molecule has 3 nitrogen and oxygen atoms in total. The summed E-state index contributed by atoms with van der Waals surface area (Å²) in [4.78, 5) is 11.2. The number of hydrogen-bond acceptors (Lipinski definition) is 3. The second kappa shape index (κ2) is 7.89. The van der Waals surface area contributed by atoms with Gasteiger partial charge in [0.2, 0.25) is 0 Å². The first kappa shape index (κ1) is 15.6. The highest BCUT2D eigenvalue weighted by Gasteiger charge is 2.09. The van der Waals surface area contributed by atoms with Crippen molar-refractivity contribution >= 4 is 41.1 Å². The van der Waals surface area contributed by atoms with Crippen molar-refractivity contribution in [2.45, 2.75) is 24.2 Å². The van der Waals surface area contributed by atoms with Crippen molar-refractivity contribution in [3.05, 3.63) is 28.2 Å². The van der Waals surface area contributed by atoms with E-state index in [1.807, 2.05) is 17.4 Å². The summed E-state index contributed by atoms with van der Waals surface area (Å²) in [6, 6.07) is 5.41. The van der Waals surface area contributed by atoms with Gasteiger partial charge in [0.15, 0.2) is 0 Å². The molecular formula is C12H15Cl2NO2S. The molecule has 0 fully saturated rings. The molecule has 0 aliphatic heterocycles. The van der Waals surface area contributed by atoms with Crippen LogP contribution in [0.3, 0.4) is 0 Å². The standard InChI is InChI=1S/C12H15Cl2NO2S/c1-15(8-3-2-7-11(16)17)18-12-9(13)5-4-6-10(12)14/h4-6H,2-3,7-8H2,1H3,(H,16,17). The Balaban J connectivity index is 2.40. The van der Waals surface area contributed by atoms with Crippen molar-refractivity contribution in [1.82, 2.24) is 4.31 Å². The molecule has 1 aromatic rings. The monoisotopic (exact) mass is 307 g/mol. The molecule has 1 rings (SSSR count). The Morgan fingerprint density at radius 2 is 1.94 bits per heavy atom. The van der Waals surface area contributed by atoms with Crippen LogP contribution in [0.15, 0.2) is 23.1 Å². The van der Waals surface area contributed by atoms with Crippen LogP contribution in [-0.2, 0) is 4.79 Å². The first-order chi connectivity index (χ1) is 8.50. The van der Waals surface area contributed by atoms with Crippen LogP contribution < -0.4 is 0 Å². The van der Waals surface area contributed by atoms with Crippen LogP contribution in [0.2, 0.25) is 10.0 Å². The van der Waals surface area contributed by atoms with Gasteiger partial charge in [-0.25, -0.2) is 4.31 Å². The van der Waals surface area contributed by atoms with Crippen molar-refractivity contribution in [2.75, 3.05) is 13.6 Å². The van der Waals surface area contributed by atoms with Crippen molar-refractivity contribution < 1.29 is 9.90 Å². The third-order valence-corrected chi connectivity index (χ3v) is 4.25. The normalized spacial score (nSPS) is 10.9. The highest BCUT2D eigenvalue weighted by molar-refractivity contribution is 7.97. The number of unbranched alkanes of at least 4 members (excludes halogenated alkanes) is 1.